The van der Waals surface area contributed by atoms with Crippen molar-refractivity contribution in [2.45, 2.75) is 43.5 Å². The van der Waals surface area contributed by atoms with E-state index in [4.69, 9.17) is 5.73 Å². The summed E-state index contributed by atoms with van der Waals surface area (Å²) in [5.41, 5.74) is 5.63. The van der Waals surface area contributed by atoms with Gasteiger partial charge in [0.05, 0.1) is 5.69 Å². The minimum Gasteiger partial charge on any atom is -0.398 e. The molecule has 19 heavy (non-hydrogen) atoms. The van der Waals surface area contributed by atoms with Crippen LogP contribution in [0.3, 0.4) is 0 Å². The maximum atomic E-state index is 13.0. The number of halogens is 1. The third kappa shape index (κ3) is 2.74. The summed E-state index contributed by atoms with van der Waals surface area (Å²) < 4.78 is 39.8. The van der Waals surface area contributed by atoms with Gasteiger partial charge in [-0.2, -0.15) is 4.31 Å². The molecule has 0 aromatic heterocycles. The van der Waals surface area contributed by atoms with Crippen molar-refractivity contribution < 1.29 is 12.8 Å². The molecule has 0 spiro atoms. The molecule has 1 aromatic carbocycles. The molecule has 1 fully saturated rings. The highest BCUT2D eigenvalue weighted by Crippen LogP contribution is 2.29. The van der Waals surface area contributed by atoms with Gasteiger partial charge in [0.15, 0.2) is 0 Å². The summed E-state index contributed by atoms with van der Waals surface area (Å²) in [6, 6.07) is 3.45. The predicted octanol–water partition coefficient (Wildman–Crippen LogP) is 2.36. The minimum absolute atomic E-state index is 0.00856. The van der Waals surface area contributed by atoms with Crippen LogP contribution < -0.4 is 5.73 Å². The molecule has 1 heterocycles. The van der Waals surface area contributed by atoms with E-state index in [9.17, 15) is 12.8 Å². The average Bonchev–Trinajstić information content (AvgIpc) is 2.38. The maximum Gasteiger partial charge on any atom is 0.245 e. The van der Waals surface area contributed by atoms with Gasteiger partial charge in [-0.1, -0.05) is 13.3 Å². The zero-order valence-corrected chi connectivity index (χ0v) is 11.8. The summed E-state index contributed by atoms with van der Waals surface area (Å²) in [5, 5.41) is 0. The fourth-order valence-corrected chi connectivity index (χ4v) is 4.44. The molecule has 1 aliphatic heterocycles. The fraction of sp³-hybridized carbons (Fsp3) is 0.538. The second kappa shape index (κ2) is 5.46. The molecule has 4 nitrogen and oxygen atoms in total. The van der Waals surface area contributed by atoms with Crippen molar-refractivity contribution >= 4 is 15.7 Å². The van der Waals surface area contributed by atoms with Crippen molar-refractivity contribution in [1.29, 1.82) is 0 Å². The lowest BCUT2D eigenvalue weighted by molar-refractivity contribution is 0.246. The Hall–Kier alpha value is -1.14. The molecule has 0 aliphatic carbocycles. The van der Waals surface area contributed by atoms with Crippen LogP contribution in [-0.2, 0) is 10.0 Å². The van der Waals surface area contributed by atoms with E-state index in [1.165, 1.54) is 10.4 Å². The quantitative estimate of drug-likeness (QED) is 0.868. The van der Waals surface area contributed by atoms with Crippen LogP contribution in [0.25, 0.3) is 0 Å². The van der Waals surface area contributed by atoms with Crippen molar-refractivity contribution in [3.8, 4) is 0 Å². The molecule has 1 atom stereocenters. The van der Waals surface area contributed by atoms with Gasteiger partial charge in [0.25, 0.3) is 0 Å². The molecule has 1 aliphatic rings. The first-order chi connectivity index (χ1) is 8.96. The monoisotopic (exact) mass is 286 g/mol. The van der Waals surface area contributed by atoms with Crippen LogP contribution in [0.15, 0.2) is 23.1 Å². The van der Waals surface area contributed by atoms with Gasteiger partial charge in [-0.05, 0) is 37.5 Å². The normalized spacial score (nSPS) is 21.5. The van der Waals surface area contributed by atoms with Gasteiger partial charge < -0.3 is 5.73 Å². The van der Waals surface area contributed by atoms with Crippen molar-refractivity contribution in [3.05, 3.63) is 24.0 Å². The third-order valence-electron chi connectivity index (χ3n) is 3.60. The van der Waals surface area contributed by atoms with Crippen LogP contribution in [-0.4, -0.2) is 25.3 Å². The summed E-state index contributed by atoms with van der Waals surface area (Å²) in [5.74, 6) is -0.526. The van der Waals surface area contributed by atoms with E-state index in [0.717, 1.165) is 37.8 Å². The van der Waals surface area contributed by atoms with Gasteiger partial charge in [0, 0.05) is 12.6 Å². The Balaban J connectivity index is 2.40. The van der Waals surface area contributed by atoms with Gasteiger partial charge in [-0.3, -0.25) is 0 Å². The molecule has 6 heteroatoms. The van der Waals surface area contributed by atoms with Crippen molar-refractivity contribution in [1.82, 2.24) is 4.31 Å². The lowest BCUT2D eigenvalue weighted by Gasteiger charge is -2.34. The first kappa shape index (κ1) is 14.3. The van der Waals surface area contributed by atoms with Gasteiger partial charge in [-0.25, -0.2) is 12.8 Å². The lowest BCUT2D eigenvalue weighted by Crippen LogP contribution is -2.43. The lowest BCUT2D eigenvalue weighted by atomic mass is 10.0. The molecule has 0 saturated carbocycles. The van der Waals surface area contributed by atoms with Crippen LogP contribution in [0.1, 0.15) is 32.6 Å². The number of nitrogens with zero attached hydrogens (tertiary/aromatic N) is 1. The number of nitrogen functional groups attached to an aromatic ring is 1. The molecule has 2 rings (SSSR count). The Kier molecular flexibility index (Phi) is 4.10. The van der Waals surface area contributed by atoms with E-state index in [0.29, 0.717) is 6.54 Å². The minimum atomic E-state index is -3.63. The van der Waals surface area contributed by atoms with E-state index in [-0.39, 0.29) is 16.6 Å². The summed E-state index contributed by atoms with van der Waals surface area (Å²) in [4.78, 5) is 0.00856. The standard InChI is InChI=1S/C13H19FN2O2S/c1-2-11-5-3-4-8-16(11)19(17,18)13-7-6-10(14)9-12(13)15/h6-7,9,11H,2-5,8,15H2,1H3. The molecule has 0 radical (unpaired) electrons. The number of sulfonamides is 1. The topological polar surface area (TPSA) is 63.4 Å². The zero-order valence-electron chi connectivity index (χ0n) is 11.0. The Morgan fingerprint density at radius 1 is 1.42 bits per heavy atom. The molecule has 0 amide bonds. The first-order valence-corrected chi connectivity index (χ1v) is 7.97. The predicted molar refractivity (Wildman–Crippen MR) is 72.6 cm³/mol. The van der Waals surface area contributed by atoms with E-state index in [1.807, 2.05) is 6.92 Å². The van der Waals surface area contributed by atoms with E-state index >= 15 is 0 Å². The summed E-state index contributed by atoms with van der Waals surface area (Å²) in [6.45, 7) is 2.49. The summed E-state index contributed by atoms with van der Waals surface area (Å²) in [6.07, 6.45) is 3.55. The highest BCUT2D eigenvalue weighted by atomic mass is 32.2. The van der Waals surface area contributed by atoms with Crippen LogP contribution in [0.2, 0.25) is 0 Å². The number of nitrogens with two attached hydrogens (primary N) is 1. The smallest absolute Gasteiger partial charge is 0.245 e. The van der Waals surface area contributed by atoms with Crippen molar-refractivity contribution in [2.75, 3.05) is 12.3 Å². The first-order valence-electron chi connectivity index (χ1n) is 6.53. The number of anilines is 1. The van der Waals surface area contributed by atoms with Crippen molar-refractivity contribution in [3.63, 3.8) is 0 Å². The second-order valence-electron chi connectivity index (χ2n) is 4.86. The van der Waals surface area contributed by atoms with Gasteiger partial charge in [0.2, 0.25) is 10.0 Å². The number of hydrogen-bond acceptors (Lipinski definition) is 3. The van der Waals surface area contributed by atoms with Crippen LogP contribution >= 0.6 is 0 Å². The third-order valence-corrected chi connectivity index (χ3v) is 5.63. The Bertz CT molecular complexity index is 560. The van der Waals surface area contributed by atoms with Crippen LogP contribution in [0.4, 0.5) is 10.1 Å². The molecule has 1 aromatic rings. The van der Waals surface area contributed by atoms with Gasteiger partial charge in [0.1, 0.15) is 10.7 Å². The number of benzene rings is 1. The average molecular weight is 286 g/mol. The Labute approximate surface area is 113 Å². The second-order valence-corrected chi connectivity index (χ2v) is 6.71. The zero-order chi connectivity index (χ0) is 14.0. The summed E-state index contributed by atoms with van der Waals surface area (Å²) >= 11 is 0. The Morgan fingerprint density at radius 2 is 2.16 bits per heavy atom. The highest BCUT2D eigenvalue weighted by molar-refractivity contribution is 7.89. The van der Waals surface area contributed by atoms with Crippen molar-refractivity contribution in [2.24, 2.45) is 0 Å². The van der Waals surface area contributed by atoms with E-state index in [1.54, 1.807) is 0 Å². The number of rotatable bonds is 3. The SMILES string of the molecule is CCC1CCCCN1S(=O)(=O)c1ccc(F)cc1N. The number of hydrogen-bond donors (Lipinski definition) is 1. The highest BCUT2D eigenvalue weighted by Gasteiger charge is 2.33. The molecule has 1 unspecified atom stereocenters. The maximum absolute atomic E-state index is 13.0. The molecule has 0 bridgehead atoms. The number of piperidine rings is 1. The molecular weight excluding hydrogens is 267 g/mol. The Morgan fingerprint density at radius 3 is 2.79 bits per heavy atom. The van der Waals surface area contributed by atoms with Gasteiger partial charge >= 0.3 is 0 Å². The molecule has 106 valence electrons. The summed E-state index contributed by atoms with van der Waals surface area (Å²) in [7, 11) is -3.63. The largest absolute Gasteiger partial charge is 0.398 e. The van der Waals surface area contributed by atoms with E-state index in [2.05, 4.69) is 0 Å². The van der Waals surface area contributed by atoms with Gasteiger partial charge in [-0.15, -0.1) is 0 Å². The fourth-order valence-electron chi connectivity index (χ4n) is 2.58. The molecule has 1 saturated heterocycles. The van der Waals surface area contributed by atoms with E-state index < -0.39 is 15.8 Å². The van der Waals surface area contributed by atoms with Crippen LogP contribution in [0, 0.1) is 5.82 Å². The molecule has 2 N–H and O–H groups in total. The van der Waals surface area contributed by atoms with Crippen LogP contribution in [0.5, 0.6) is 0 Å². The molecular formula is C13H19FN2O2S.